The van der Waals surface area contributed by atoms with Gasteiger partial charge in [-0.2, -0.15) is 0 Å². The summed E-state index contributed by atoms with van der Waals surface area (Å²) < 4.78 is 0. The summed E-state index contributed by atoms with van der Waals surface area (Å²) in [5, 5.41) is 6.35. The predicted octanol–water partition coefficient (Wildman–Crippen LogP) is 3.89. The number of aryl methyl sites for hydroxylation is 1. The topological polar surface area (TPSA) is 69.6 Å². The Hall–Kier alpha value is -1.68. The highest BCUT2D eigenvalue weighted by molar-refractivity contribution is 14.0. The van der Waals surface area contributed by atoms with Crippen molar-refractivity contribution in [2.75, 3.05) is 33.2 Å². The van der Waals surface area contributed by atoms with Crippen LogP contribution in [0.15, 0.2) is 40.8 Å². The minimum Gasteiger partial charge on any atom is -0.354 e. The summed E-state index contributed by atoms with van der Waals surface area (Å²) in [4.78, 5) is 23.8. The van der Waals surface area contributed by atoms with Crippen LogP contribution < -0.4 is 10.6 Å². The minimum atomic E-state index is -0.0588. The van der Waals surface area contributed by atoms with Gasteiger partial charge < -0.3 is 15.5 Å². The van der Waals surface area contributed by atoms with E-state index in [2.05, 4.69) is 62.8 Å². The van der Waals surface area contributed by atoms with Crippen molar-refractivity contribution in [3.63, 3.8) is 0 Å². The Morgan fingerprint density at radius 2 is 2.00 bits per heavy atom. The van der Waals surface area contributed by atoms with E-state index < -0.39 is 0 Å². The van der Waals surface area contributed by atoms with Gasteiger partial charge in [-0.25, -0.2) is 4.98 Å². The lowest BCUT2D eigenvalue weighted by Gasteiger charge is -2.40. The molecule has 1 amide bonds. The van der Waals surface area contributed by atoms with Crippen LogP contribution in [-0.2, 0) is 0 Å². The molecule has 1 aromatic carbocycles. The maximum absolute atomic E-state index is 12.2. The molecule has 0 saturated carbocycles. The summed E-state index contributed by atoms with van der Waals surface area (Å²) in [6.07, 6.45) is 2.28. The molecule has 0 radical (unpaired) electrons. The zero-order chi connectivity index (χ0) is 20.6. The Morgan fingerprint density at radius 1 is 1.27 bits per heavy atom. The number of nitrogens with one attached hydrogen (secondary N) is 2. The first-order valence-corrected chi connectivity index (χ1v) is 11.2. The number of piperidine rings is 1. The number of aliphatic imine (C=N–C) groups is 1. The van der Waals surface area contributed by atoms with Gasteiger partial charge in [0.05, 0.1) is 11.2 Å². The SMILES string of the molecule is CCC1CN(C(=NC)NCCNC(=O)c2scnc2C)CCC1c1ccccc1.I. The van der Waals surface area contributed by atoms with Crippen LogP contribution in [-0.4, -0.2) is 55.0 Å². The molecule has 164 valence electrons. The smallest absolute Gasteiger partial charge is 0.263 e. The van der Waals surface area contributed by atoms with Crippen molar-refractivity contribution in [1.29, 1.82) is 0 Å². The van der Waals surface area contributed by atoms with E-state index in [0.717, 1.165) is 37.6 Å². The Morgan fingerprint density at radius 3 is 2.63 bits per heavy atom. The Kier molecular flexibility index (Phi) is 10.0. The number of aromatic nitrogens is 1. The molecule has 2 unspecified atom stereocenters. The highest BCUT2D eigenvalue weighted by atomic mass is 127. The number of halogens is 1. The first-order valence-electron chi connectivity index (χ1n) is 10.3. The van der Waals surface area contributed by atoms with Crippen LogP contribution >= 0.6 is 35.3 Å². The summed E-state index contributed by atoms with van der Waals surface area (Å²) in [6, 6.07) is 10.9. The highest BCUT2D eigenvalue weighted by Gasteiger charge is 2.30. The van der Waals surface area contributed by atoms with Crippen LogP contribution in [0.1, 0.15) is 46.6 Å². The van der Waals surface area contributed by atoms with Crippen molar-refractivity contribution in [2.45, 2.75) is 32.6 Å². The Labute approximate surface area is 200 Å². The Bertz CT molecular complexity index is 826. The standard InChI is InChI=1S/C22H31N5OS.HI/c1-4-17-14-27(13-10-19(17)18-8-6-5-7-9-18)22(23-3)25-12-11-24-21(28)20-16(2)26-15-29-20;/h5-9,15,17,19H,4,10-14H2,1-3H3,(H,23,25)(H,24,28);1H. The van der Waals surface area contributed by atoms with Crippen molar-refractivity contribution in [3.8, 4) is 0 Å². The number of guanidine groups is 1. The molecule has 3 rings (SSSR count). The second-order valence-corrected chi connectivity index (χ2v) is 8.27. The van der Waals surface area contributed by atoms with E-state index in [1.165, 1.54) is 16.9 Å². The number of carbonyl (C=O) groups is 1. The molecule has 2 aromatic rings. The fourth-order valence-electron chi connectivity index (χ4n) is 4.06. The first-order chi connectivity index (χ1) is 14.1. The first kappa shape index (κ1) is 24.6. The second kappa shape index (κ2) is 12.2. The molecule has 0 spiro atoms. The largest absolute Gasteiger partial charge is 0.354 e. The molecule has 2 N–H and O–H groups in total. The van der Waals surface area contributed by atoms with Gasteiger partial charge in [-0.15, -0.1) is 35.3 Å². The molecule has 0 aliphatic carbocycles. The molecule has 1 aliphatic rings. The van der Waals surface area contributed by atoms with Gasteiger partial charge in [-0.1, -0.05) is 43.7 Å². The molecule has 6 nitrogen and oxygen atoms in total. The van der Waals surface area contributed by atoms with Crippen LogP contribution in [0, 0.1) is 12.8 Å². The van der Waals surface area contributed by atoms with E-state index in [1.54, 1.807) is 5.51 Å². The molecule has 1 saturated heterocycles. The lowest BCUT2D eigenvalue weighted by Crippen LogP contribution is -2.49. The van der Waals surface area contributed by atoms with Crippen molar-refractivity contribution in [3.05, 3.63) is 52.0 Å². The molecule has 2 heterocycles. The van der Waals surface area contributed by atoms with Crippen molar-refractivity contribution in [2.24, 2.45) is 10.9 Å². The van der Waals surface area contributed by atoms with Gasteiger partial charge in [0.1, 0.15) is 4.88 Å². The highest BCUT2D eigenvalue weighted by Crippen LogP contribution is 2.34. The maximum atomic E-state index is 12.2. The lowest BCUT2D eigenvalue weighted by atomic mass is 9.79. The minimum absolute atomic E-state index is 0. The zero-order valence-corrected chi connectivity index (χ0v) is 21.1. The lowest BCUT2D eigenvalue weighted by molar-refractivity contribution is 0.0957. The van der Waals surface area contributed by atoms with Crippen molar-refractivity contribution < 1.29 is 4.79 Å². The molecule has 8 heteroatoms. The fraction of sp³-hybridized carbons (Fsp3) is 0.500. The van der Waals surface area contributed by atoms with Crippen molar-refractivity contribution in [1.82, 2.24) is 20.5 Å². The van der Waals surface area contributed by atoms with Crippen LogP contribution in [0.25, 0.3) is 0 Å². The number of amides is 1. The summed E-state index contributed by atoms with van der Waals surface area (Å²) in [6.45, 7) is 7.31. The second-order valence-electron chi connectivity index (χ2n) is 7.42. The van der Waals surface area contributed by atoms with E-state index in [9.17, 15) is 4.79 Å². The molecule has 1 aliphatic heterocycles. The van der Waals surface area contributed by atoms with E-state index in [4.69, 9.17) is 0 Å². The quantitative estimate of drug-likeness (QED) is 0.252. The van der Waals surface area contributed by atoms with E-state index >= 15 is 0 Å². The third kappa shape index (κ3) is 6.16. The van der Waals surface area contributed by atoms with E-state index in [1.807, 2.05) is 14.0 Å². The van der Waals surface area contributed by atoms with Gasteiger partial charge in [0.15, 0.2) is 5.96 Å². The summed E-state index contributed by atoms with van der Waals surface area (Å²) in [5.41, 5.74) is 3.93. The molecular formula is C22H32IN5OS. The van der Waals surface area contributed by atoms with Gasteiger partial charge in [0, 0.05) is 33.2 Å². The van der Waals surface area contributed by atoms with Crippen molar-refractivity contribution >= 4 is 47.2 Å². The Balaban J connectivity index is 0.00000320. The number of benzene rings is 1. The number of hydrogen-bond donors (Lipinski definition) is 2. The van der Waals surface area contributed by atoms with Gasteiger partial charge in [0.2, 0.25) is 0 Å². The monoisotopic (exact) mass is 541 g/mol. The van der Waals surface area contributed by atoms with Crippen LogP contribution in [0.5, 0.6) is 0 Å². The van der Waals surface area contributed by atoms with Gasteiger partial charge >= 0.3 is 0 Å². The van der Waals surface area contributed by atoms with Crippen LogP contribution in [0.3, 0.4) is 0 Å². The molecule has 30 heavy (non-hydrogen) atoms. The third-order valence-electron chi connectivity index (χ3n) is 5.64. The predicted molar refractivity (Wildman–Crippen MR) is 135 cm³/mol. The maximum Gasteiger partial charge on any atom is 0.263 e. The average Bonchev–Trinajstić information content (AvgIpc) is 3.20. The number of rotatable bonds is 6. The molecule has 2 atom stereocenters. The summed E-state index contributed by atoms with van der Waals surface area (Å²) in [5.74, 6) is 2.07. The van der Waals surface area contributed by atoms with Crippen LogP contribution in [0.4, 0.5) is 0 Å². The normalized spacial score (nSPS) is 19.2. The fourth-order valence-corrected chi connectivity index (χ4v) is 4.78. The number of nitrogens with zero attached hydrogens (tertiary/aromatic N) is 3. The number of likely N-dealkylation sites (tertiary alicyclic amines) is 1. The molecular weight excluding hydrogens is 509 g/mol. The van der Waals surface area contributed by atoms with Gasteiger partial charge in [0.25, 0.3) is 5.91 Å². The van der Waals surface area contributed by atoms with E-state index in [-0.39, 0.29) is 29.9 Å². The zero-order valence-electron chi connectivity index (χ0n) is 17.9. The van der Waals surface area contributed by atoms with Crippen LogP contribution in [0.2, 0.25) is 0 Å². The average molecular weight is 542 g/mol. The van der Waals surface area contributed by atoms with E-state index in [0.29, 0.717) is 29.8 Å². The number of thiazole rings is 1. The van der Waals surface area contributed by atoms with Gasteiger partial charge in [-0.3, -0.25) is 9.79 Å². The molecule has 0 bridgehead atoms. The molecule has 1 fully saturated rings. The summed E-state index contributed by atoms with van der Waals surface area (Å²) in [7, 11) is 1.83. The third-order valence-corrected chi connectivity index (χ3v) is 6.57. The van der Waals surface area contributed by atoms with Gasteiger partial charge in [-0.05, 0) is 30.7 Å². The summed E-state index contributed by atoms with van der Waals surface area (Å²) >= 11 is 1.37. The number of hydrogen-bond acceptors (Lipinski definition) is 4. The molecule has 1 aromatic heterocycles. The number of carbonyl (C=O) groups excluding carboxylic acids is 1.